The Morgan fingerprint density at radius 2 is 2.04 bits per heavy atom. The van der Waals surface area contributed by atoms with E-state index >= 15 is 0 Å². The fourth-order valence-electron chi connectivity index (χ4n) is 2.31. The van der Waals surface area contributed by atoms with Gasteiger partial charge in [-0.25, -0.2) is 9.97 Å². The zero-order valence-electron chi connectivity index (χ0n) is 13.7. The summed E-state index contributed by atoms with van der Waals surface area (Å²) in [5.41, 5.74) is 2.17. The number of aromatic amines is 1. The zero-order chi connectivity index (χ0) is 16.9. The van der Waals surface area contributed by atoms with Gasteiger partial charge in [0.05, 0.1) is 12.0 Å². The lowest BCUT2D eigenvalue weighted by atomic mass is 10.1. The molecule has 2 aromatic heterocycles. The van der Waals surface area contributed by atoms with Gasteiger partial charge in [0.25, 0.3) is 0 Å². The molecule has 0 aliphatic carbocycles. The normalized spacial score (nSPS) is 11.5. The molecule has 0 fully saturated rings. The summed E-state index contributed by atoms with van der Waals surface area (Å²) >= 11 is 0. The highest BCUT2D eigenvalue weighted by molar-refractivity contribution is 6.07. The lowest BCUT2D eigenvalue weighted by Crippen LogP contribution is -2.06. The molecular formula is C19H19N3O2. The van der Waals surface area contributed by atoms with Crippen LogP contribution < -0.4 is 4.74 Å². The summed E-state index contributed by atoms with van der Waals surface area (Å²) in [6, 6.07) is 9.16. The Morgan fingerprint density at radius 3 is 2.79 bits per heavy atom. The van der Waals surface area contributed by atoms with Crippen LogP contribution >= 0.6 is 0 Å². The summed E-state index contributed by atoms with van der Waals surface area (Å²) < 4.78 is 5.78. The number of nitrogens with zero attached hydrogens (tertiary/aromatic N) is 2. The van der Waals surface area contributed by atoms with Gasteiger partial charge in [-0.1, -0.05) is 44.2 Å². The standard InChI is InChI=1S/C19H19N3O2/c1-13(2)11-24-19-17-15(10-20-18(17)21-12-22-19)8-9-16(23)14-6-4-3-5-7-14/h3-10,12-13H,11H2,1-2H3,(H,20,21,22)/b9-8+. The topological polar surface area (TPSA) is 67.9 Å². The number of ketones is 1. The second kappa shape index (κ2) is 7.08. The first-order chi connectivity index (χ1) is 11.6. The summed E-state index contributed by atoms with van der Waals surface area (Å²) in [6.45, 7) is 4.73. The molecule has 0 atom stereocenters. The molecule has 5 nitrogen and oxygen atoms in total. The molecule has 0 radical (unpaired) electrons. The predicted molar refractivity (Wildman–Crippen MR) is 94.0 cm³/mol. The molecule has 0 aliphatic heterocycles. The highest BCUT2D eigenvalue weighted by Crippen LogP contribution is 2.26. The Bertz CT molecular complexity index is 867. The van der Waals surface area contributed by atoms with Crippen LogP contribution in [0.5, 0.6) is 5.88 Å². The molecule has 0 unspecified atom stereocenters. The molecule has 24 heavy (non-hydrogen) atoms. The number of aromatic nitrogens is 3. The zero-order valence-corrected chi connectivity index (χ0v) is 13.7. The molecule has 0 bridgehead atoms. The van der Waals surface area contributed by atoms with Crippen LogP contribution in [0.1, 0.15) is 29.8 Å². The minimum absolute atomic E-state index is 0.0496. The van der Waals surface area contributed by atoms with Gasteiger partial charge in [0.15, 0.2) is 5.78 Å². The van der Waals surface area contributed by atoms with Gasteiger partial charge in [0.1, 0.15) is 12.0 Å². The van der Waals surface area contributed by atoms with E-state index in [9.17, 15) is 4.79 Å². The van der Waals surface area contributed by atoms with Crippen molar-refractivity contribution in [2.75, 3.05) is 6.61 Å². The predicted octanol–water partition coefficient (Wildman–Crippen LogP) is 3.89. The Morgan fingerprint density at radius 1 is 1.25 bits per heavy atom. The molecular weight excluding hydrogens is 302 g/mol. The summed E-state index contributed by atoms with van der Waals surface area (Å²) in [4.78, 5) is 23.7. The van der Waals surface area contributed by atoms with Gasteiger partial charge in [-0.15, -0.1) is 0 Å². The van der Waals surface area contributed by atoms with Crippen molar-refractivity contribution in [1.29, 1.82) is 0 Å². The summed E-state index contributed by atoms with van der Waals surface area (Å²) in [6.07, 6.45) is 6.59. The van der Waals surface area contributed by atoms with Crippen LogP contribution in [0.15, 0.2) is 48.9 Å². The van der Waals surface area contributed by atoms with Crippen molar-refractivity contribution in [2.45, 2.75) is 13.8 Å². The molecule has 0 saturated heterocycles. The minimum atomic E-state index is -0.0496. The van der Waals surface area contributed by atoms with Crippen molar-refractivity contribution < 1.29 is 9.53 Å². The van der Waals surface area contributed by atoms with Crippen LogP contribution in [0, 0.1) is 5.92 Å². The molecule has 1 aromatic carbocycles. The molecule has 3 rings (SSSR count). The minimum Gasteiger partial charge on any atom is -0.477 e. The fraction of sp³-hybridized carbons (Fsp3) is 0.211. The number of H-pyrrole nitrogens is 1. The number of fused-ring (bicyclic) bond motifs is 1. The van der Waals surface area contributed by atoms with Crippen molar-refractivity contribution in [1.82, 2.24) is 15.0 Å². The Balaban J connectivity index is 1.89. The molecule has 3 aromatic rings. The van der Waals surface area contributed by atoms with Crippen molar-refractivity contribution in [3.05, 3.63) is 60.1 Å². The van der Waals surface area contributed by atoms with Gasteiger partial charge in [0.2, 0.25) is 5.88 Å². The number of rotatable bonds is 6. The van der Waals surface area contributed by atoms with Gasteiger partial charge >= 0.3 is 0 Å². The van der Waals surface area contributed by atoms with E-state index in [1.54, 1.807) is 30.5 Å². The van der Waals surface area contributed by atoms with E-state index in [4.69, 9.17) is 4.74 Å². The number of hydrogen-bond acceptors (Lipinski definition) is 4. The lowest BCUT2D eigenvalue weighted by Gasteiger charge is -2.08. The van der Waals surface area contributed by atoms with E-state index in [1.807, 2.05) is 18.2 Å². The van der Waals surface area contributed by atoms with E-state index in [0.29, 0.717) is 29.6 Å². The monoisotopic (exact) mass is 321 g/mol. The van der Waals surface area contributed by atoms with Crippen LogP contribution in [0.2, 0.25) is 0 Å². The third kappa shape index (κ3) is 3.51. The first-order valence-electron chi connectivity index (χ1n) is 7.87. The van der Waals surface area contributed by atoms with Crippen LogP contribution in [0.25, 0.3) is 17.1 Å². The smallest absolute Gasteiger partial charge is 0.226 e. The highest BCUT2D eigenvalue weighted by atomic mass is 16.5. The van der Waals surface area contributed by atoms with Gasteiger partial charge in [-0.3, -0.25) is 4.79 Å². The molecule has 0 spiro atoms. The molecule has 122 valence electrons. The van der Waals surface area contributed by atoms with Crippen molar-refractivity contribution in [3.63, 3.8) is 0 Å². The van der Waals surface area contributed by atoms with Crippen LogP contribution in [-0.4, -0.2) is 27.3 Å². The van der Waals surface area contributed by atoms with E-state index < -0.39 is 0 Å². The summed E-state index contributed by atoms with van der Waals surface area (Å²) in [7, 11) is 0. The number of carbonyl (C=O) groups is 1. The van der Waals surface area contributed by atoms with Crippen molar-refractivity contribution >= 4 is 22.9 Å². The lowest BCUT2D eigenvalue weighted by molar-refractivity contribution is 0.104. The Kier molecular flexibility index (Phi) is 4.70. The van der Waals surface area contributed by atoms with Crippen LogP contribution in [0.3, 0.4) is 0 Å². The van der Waals surface area contributed by atoms with Crippen molar-refractivity contribution in [2.24, 2.45) is 5.92 Å². The molecule has 2 heterocycles. The molecule has 0 amide bonds. The van der Waals surface area contributed by atoms with Crippen LogP contribution in [0.4, 0.5) is 0 Å². The number of carbonyl (C=O) groups excluding carboxylic acids is 1. The van der Waals surface area contributed by atoms with Gasteiger partial charge < -0.3 is 9.72 Å². The first kappa shape index (κ1) is 15.9. The fourth-order valence-corrected chi connectivity index (χ4v) is 2.31. The SMILES string of the molecule is CC(C)COc1ncnc2[nH]cc(/C=C/C(=O)c3ccccc3)c12. The van der Waals surface area contributed by atoms with E-state index in [0.717, 1.165) is 10.9 Å². The average molecular weight is 321 g/mol. The van der Waals surface area contributed by atoms with Gasteiger partial charge in [-0.05, 0) is 18.1 Å². The Hall–Kier alpha value is -2.95. The third-order valence-corrected chi connectivity index (χ3v) is 3.49. The number of ether oxygens (including phenoxy) is 1. The quantitative estimate of drug-likeness (QED) is 0.552. The van der Waals surface area contributed by atoms with Gasteiger partial charge in [0, 0.05) is 17.3 Å². The van der Waals surface area contributed by atoms with E-state index in [-0.39, 0.29) is 5.78 Å². The molecule has 0 aliphatic rings. The number of hydrogen-bond donors (Lipinski definition) is 1. The third-order valence-electron chi connectivity index (χ3n) is 3.49. The van der Waals surface area contributed by atoms with Crippen molar-refractivity contribution in [3.8, 4) is 5.88 Å². The maximum atomic E-state index is 12.2. The summed E-state index contributed by atoms with van der Waals surface area (Å²) in [5.74, 6) is 0.876. The molecule has 1 N–H and O–H groups in total. The number of benzene rings is 1. The number of nitrogens with one attached hydrogen (secondary N) is 1. The maximum Gasteiger partial charge on any atom is 0.226 e. The van der Waals surface area contributed by atoms with Crippen LogP contribution in [-0.2, 0) is 0 Å². The molecule has 5 heteroatoms. The van der Waals surface area contributed by atoms with E-state index in [2.05, 4.69) is 28.8 Å². The van der Waals surface area contributed by atoms with Gasteiger partial charge in [-0.2, -0.15) is 0 Å². The highest BCUT2D eigenvalue weighted by Gasteiger charge is 2.11. The first-order valence-corrected chi connectivity index (χ1v) is 7.87. The van der Waals surface area contributed by atoms with E-state index in [1.165, 1.54) is 6.33 Å². The second-order valence-electron chi connectivity index (χ2n) is 5.91. The molecule has 0 saturated carbocycles. The number of allylic oxidation sites excluding steroid dienone is 1. The second-order valence-corrected chi connectivity index (χ2v) is 5.91. The maximum absolute atomic E-state index is 12.2. The largest absolute Gasteiger partial charge is 0.477 e. The average Bonchev–Trinajstić information content (AvgIpc) is 3.02. The summed E-state index contributed by atoms with van der Waals surface area (Å²) in [5, 5.41) is 0.787. The Labute approximate surface area is 140 Å².